The average Bonchev–Trinajstić information content (AvgIpc) is 3.04. The quantitative estimate of drug-likeness (QED) is 0.0772. The zero-order valence-corrected chi connectivity index (χ0v) is 30.8. The van der Waals surface area contributed by atoms with Gasteiger partial charge in [0.2, 0.25) is 11.8 Å². The fraction of sp³-hybridized carbons (Fsp3) is 0.625. The smallest absolute Gasteiger partial charge is 0.331 e. The van der Waals surface area contributed by atoms with E-state index in [-0.39, 0.29) is 44.5 Å². The predicted octanol–water partition coefficient (Wildman–Crippen LogP) is 7.87. The second-order valence-corrected chi connectivity index (χ2v) is 14.9. The van der Waals surface area contributed by atoms with Gasteiger partial charge in [-0.05, 0) is 91.0 Å². The maximum Gasteiger partial charge on any atom is 0.331 e. The number of hydrogen-bond donors (Lipinski definition) is 2. The van der Waals surface area contributed by atoms with Crippen LogP contribution in [-0.4, -0.2) is 48.5 Å². The molecule has 2 aliphatic rings. The average molecular weight is 695 g/mol. The number of benzene rings is 1. The van der Waals surface area contributed by atoms with Gasteiger partial charge in [-0.1, -0.05) is 67.0 Å². The van der Waals surface area contributed by atoms with Gasteiger partial charge in [-0.25, -0.2) is 4.79 Å². The minimum Gasteiger partial charge on any atom is -0.462 e. The third kappa shape index (κ3) is 13.8. The van der Waals surface area contributed by atoms with Gasteiger partial charge in [0, 0.05) is 30.3 Å². The lowest BCUT2D eigenvalue weighted by Gasteiger charge is -2.36. The molecule has 1 aromatic carbocycles. The summed E-state index contributed by atoms with van der Waals surface area (Å²) in [5.74, 6) is 0.224. The Labute approximate surface area is 298 Å². The highest BCUT2D eigenvalue weighted by Gasteiger charge is 2.34. The van der Waals surface area contributed by atoms with Gasteiger partial charge in [-0.2, -0.15) is 0 Å². The van der Waals surface area contributed by atoms with Crippen LogP contribution >= 0.6 is 0 Å². The molecule has 0 unspecified atom stereocenters. The molecule has 0 saturated heterocycles. The molecule has 0 heterocycles. The monoisotopic (exact) mass is 694 g/mol. The van der Waals surface area contributed by atoms with Gasteiger partial charge in [-0.15, -0.1) is 0 Å². The van der Waals surface area contributed by atoms with Crippen LogP contribution in [0.25, 0.3) is 6.08 Å². The van der Waals surface area contributed by atoms with E-state index in [0.29, 0.717) is 52.4 Å². The second-order valence-electron chi connectivity index (χ2n) is 14.9. The molecule has 276 valence electrons. The molecular formula is C40H58N2O8. The summed E-state index contributed by atoms with van der Waals surface area (Å²) in [6.45, 7) is 16.5. The van der Waals surface area contributed by atoms with Gasteiger partial charge in [0.1, 0.15) is 18.8 Å². The summed E-state index contributed by atoms with van der Waals surface area (Å²) in [6, 6.07) is 4.84. The summed E-state index contributed by atoms with van der Waals surface area (Å²) in [5, 5.41) is 5.58. The van der Waals surface area contributed by atoms with Gasteiger partial charge in [-0.3, -0.25) is 19.2 Å². The van der Waals surface area contributed by atoms with Crippen LogP contribution in [0.2, 0.25) is 0 Å². The van der Waals surface area contributed by atoms with E-state index in [1.165, 1.54) is 18.2 Å². The molecule has 2 fully saturated rings. The first-order valence-corrected chi connectivity index (χ1v) is 18.3. The van der Waals surface area contributed by atoms with Crippen LogP contribution < -0.4 is 10.6 Å². The fourth-order valence-corrected chi connectivity index (χ4v) is 7.08. The van der Waals surface area contributed by atoms with E-state index in [4.69, 9.17) is 14.2 Å². The molecule has 10 heteroatoms. The number of nitrogens with one attached hydrogen (secondary N) is 2. The molecule has 0 radical (unpaired) electrons. The van der Waals surface area contributed by atoms with Crippen LogP contribution in [0.1, 0.15) is 111 Å². The first kappa shape index (κ1) is 40.5. The van der Waals surface area contributed by atoms with Crippen molar-refractivity contribution in [2.24, 2.45) is 35.5 Å². The maximum atomic E-state index is 12.9. The number of esters is 3. The topological polar surface area (TPSA) is 137 Å². The zero-order chi connectivity index (χ0) is 36.8. The first-order valence-electron chi connectivity index (χ1n) is 18.3. The number of carbonyl (C=O) groups is 5. The molecular weight excluding hydrogens is 636 g/mol. The number of carbonyl (C=O) groups excluding carboxylic acids is 5. The summed E-state index contributed by atoms with van der Waals surface area (Å²) < 4.78 is 16.7. The van der Waals surface area contributed by atoms with Crippen molar-refractivity contribution in [3.05, 3.63) is 42.5 Å². The third-order valence-electron chi connectivity index (χ3n) is 9.88. The van der Waals surface area contributed by atoms with Gasteiger partial charge >= 0.3 is 17.9 Å². The van der Waals surface area contributed by atoms with Crippen molar-refractivity contribution in [1.82, 2.24) is 0 Å². The molecule has 3 rings (SSSR count). The van der Waals surface area contributed by atoms with Crippen molar-refractivity contribution >= 4 is 47.2 Å². The van der Waals surface area contributed by atoms with E-state index < -0.39 is 29.7 Å². The Bertz CT molecular complexity index is 1290. The van der Waals surface area contributed by atoms with Crippen molar-refractivity contribution < 1.29 is 38.2 Å². The number of hydrogen-bond acceptors (Lipinski definition) is 8. The molecule has 0 aromatic heterocycles. The summed E-state index contributed by atoms with van der Waals surface area (Å²) in [4.78, 5) is 63.4. The molecule has 6 atom stereocenters. The summed E-state index contributed by atoms with van der Waals surface area (Å²) in [7, 11) is 0. The van der Waals surface area contributed by atoms with Crippen LogP contribution in [0.15, 0.2) is 36.9 Å². The highest BCUT2D eigenvalue weighted by atomic mass is 16.5. The lowest BCUT2D eigenvalue weighted by atomic mass is 9.75. The van der Waals surface area contributed by atoms with Crippen LogP contribution in [-0.2, 0) is 38.2 Å². The Kier molecular flexibility index (Phi) is 16.2. The van der Waals surface area contributed by atoms with Crippen LogP contribution in [0.3, 0.4) is 0 Å². The Morgan fingerprint density at radius 2 is 1.20 bits per heavy atom. The highest BCUT2D eigenvalue weighted by molar-refractivity contribution is 5.97. The van der Waals surface area contributed by atoms with E-state index in [1.807, 2.05) is 0 Å². The van der Waals surface area contributed by atoms with Crippen molar-refractivity contribution in [3.63, 3.8) is 0 Å². The van der Waals surface area contributed by atoms with E-state index in [0.717, 1.165) is 38.5 Å². The number of amides is 2. The fourth-order valence-electron chi connectivity index (χ4n) is 7.08. The van der Waals surface area contributed by atoms with Gasteiger partial charge in [0.25, 0.3) is 0 Å². The van der Waals surface area contributed by atoms with Crippen LogP contribution in [0.5, 0.6) is 0 Å². The van der Waals surface area contributed by atoms with Crippen molar-refractivity contribution in [3.8, 4) is 0 Å². The standard InChI is InChI=1S/C40H58N2O8/c1-8-19-48-38(45)16-11-29-22-30(41-36(43)14-17-39(46)49-34-20-27(6)9-12-32(34)25(2)3)24-31(23-29)42-37(44)15-18-40(47)50-35-21-28(7)10-13-33(35)26(4)5/h8,11,16,22-28,32-35H,1,9-10,12-15,17-21H2,2-7H3,(H,41,43)(H,42,44)/b16-11+/t27-,28-,32+,33+,34-,35-/m1/s1. The Balaban J connectivity index is 1.61. The van der Waals surface area contributed by atoms with E-state index in [1.54, 1.807) is 18.2 Å². The lowest BCUT2D eigenvalue weighted by Crippen LogP contribution is -2.36. The maximum absolute atomic E-state index is 12.9. The number of ether oxygens (including phenoxy) is 3. The van der Waals surface area contributed by atoms with Gasteiger partial charge in [0.05, 0.1) is 12.8 Å². The van der Waals surface area contributed by atoms with Crippen molar-refractivity contribution in [2.75, 3.05) is 17.2 Å². The SMILES string of the molecule is C=CCOC(=O)/C=C/c1cc(NC(=O)CCC(=O)O[C@@H]2C[C@H](C)CC[C@H]2C(C)C)cc(NC(=O)CCC(=O)O[C@@H]2C[C@H](C)CC[C@H]2C(C)C)c1. The minimum atomic E-state index is -0.582. The van der Waals surface area contributed by atoms with Gasteiger partial charge < -0.3 is 24.8 Å². The van der Waals surface area contributed by atoms with Crippen LogP contribution in [0, 0.1) is 35.5 Å². The number of rotatable bonds is 16. The lowest BCUT2D eigenvalue weighted by molar-refractivity contribution is -0.157. The molecule has 2 N–H and O–H groups in total. The summed E-state index contributed by atoms with van der Waals surface area (Å²) in [6.07, 6.45) is 9.57. The molecule has 0 aliphatic heterocycles. The summed E-state index contributed by atoms with van der Waals surface area (Å²) in [5.41, 5.74) is 1.21. The minimum absolute atomic E-state index is 0.0568. The normalized spacial score (nSPS) is 23.7. The molecule has 2 amide bonds. The van der Waals surface area contributed by atoms with E-state index in [2.05, 4.69) is 58.8 Å². The molecule has 50 heavy (non-hydrogen) atoms. The largest absolute Gasteiger partial charge is 0.462 e. The molecule has 2 saturated carbocycles. The van der Waals surface area contributed by atoms with Crippen molar-refractivity contribution in [2.45, 2.75) is 118 Å². The van der Waals surface area contributed by atoms with E-state index in [9.17, 15) is 24.0 Å². The van der Waals surface area contributed by atoms with E-state index >= 15 is 0 Å². The van der Waals surface area contributed by atoms with Gasteiger partial charge in [0.15, 0.2) is 0 Å². The molecule has 2 aliphatic carbocycles. The predicted molar refractivity (Wildman–Crippen MR) is 195 cm³/mol. The third-order valence-corrected chi connectivity index (χ3v) is 9.88. The van der Waals surface area contributed by atoms with Crippen LogP contribution in [0.4, 0.5) is 11.4 Å². The Morgan fingerprint density at radius 3 is 1.62 bits per heavy atom. The summed E-state index contributed by atoms with van der Waals surface area (Å²) >= 11 is 0. The van der Waals surface area contributed by atoms with Crippen molar-refractivity contribution in [1.29, 1.82) is 0 Å². The second kappa shape index (κ2) is 20.0. The first-order chi connectivity index (χ1) is 23.7. The molecule has 0 bridgehead atoms. The Hall–Kier alpha value is -3.95. The number of anilines is 2. The molecule has 10 nitrogen and oxygen atoms in total. The molecule has 1 aromatic rings. The Morgan fingerprint density at radius 1 is 0.740 bits per heavy atom. The highest BCUT2D eigenvalue weighted by Crippen LogP contribution is 2.36. The molecule has 0 spiro atoms. The zero-order valence-electron chi connectivity index (χ0n) is 30.8.